The van der Waals surface area contributed by atoms with Crippen molar-refractivity contribution in [2.75, 3.05) is 5.32 Å². The molecule has 0 aliphatic heterocycles. The largest absolute Gasteiger partial charge is 0.508 e. The Labute approximate surface area is 109 Å². The minimum atomic E-state index is 0.199. The molecule has 0 saturated carbocycles. The molecule has 1 atom stereocenters. The number of hydrogen-bond donors (Lipinski definition) is 2. The lowest BCUT2D eigenvalue weighted by atomic mass is 10.1. The minimum absolute atomic E-state index is 0.199. The Bertz CT molecular complexity index is 496. The summed E-state index contributed by atoms with van der Waals surface area (Å²) < 4.78 is 1.06. The van der Waals surface area contributed by atoms with Gasteiger partial charge in [0.25, 0.3) is 0 Å². The molecular formula is C14H14BrNO. The van der Waals surface area contributed by atoms with Crippen LogP contribution in [0, 0.1) is 0 Å². The van der Waals surface area contributed by atoms with Gasteiger partial charge in [0.2, 0.25) is 0 Å². The van der Waals surface area contributed by atoms with Crippen LogP contribution in [0.25, 0.3) is 0 Å². The fraction of sp³-hybridized carbons (Fsp3) is 0.143. The lowest BCUT2D eigenvalue weighted by Gasteiger charge is -2.16. The molecular weight excluding hydrogens is 278 g/mol. The zero-order valence-electron chi connectivity index (χ0n) is 9.52. The Balaban J connectivity index is 2.11. The van der Waals surface area contributed by atoms with Crippen LogP contribution in [0.3, 0.4) is 0 Å². The van der Waals surface area contributed by atoms with E-state index in [2.05, 4.69) is 28.2 Å². The monoisotopic (exact) mass is 291 g/mol. The van der Waals surface area contributed by atoms with Crippen LogP contribution in [-0.4, -0.2) is 5.11 Å². The Kier molecular flexibility index (Phi) is 3.69. The summed E-state index contributed by atoms with van der Waals surface area (Å²) in [5.41, 5.74) is 2.21. The van der Waals surface area contributed by atoms with E-state index in [4.69, 9.17) is 0 Å². The molecule has 0 radical (unpaired) electrons. The van der Waals surface area contributed by atoms with Crippen molar-refractivity contribution in [2.24, 2.45) is 0 Å². The molecule has 2 nitrogen and oxygen atoms in total. The van der Waals surface area contributed by atoms with Gasteiger partial charge in [0.15, 0.2) is 0 Å². The Morgan fingerprint density at radius 3 is 2.47 bits per heavy atom. The Morgan fingerprint density at radius 2 is 1.82 bits per heavy atom. The van der Waals surface area contributed by atoms with Gasteiger partial charge in [-0.05, 0) is 42.8 Å². The number of nitrogens with one attached hydrogen (secondary N) is 1. The van der Waals surface area contributed by atoms with Gasteiger partial charge in [-0.1, -0.05) is 34.1 Å². The first kappa shape index (κ1) is 12.0. The molecule has 2 aromatic rings. The van der Waals surface area contributed by atoms with Crippen molar-refractivity contribution in [3.8, 4) is 5.75 Å². The van der Waals surface area contributed by atoms with Crippen molar-refractivity contribution in [3.63, 3.8) is 0 Å². The lowest BCUT2D eigenvalue weighted by molar-refractivity contribution is 0.475. The van der Waals surface area contributed by atoms with Gasteiger partial charge in [-0.15, -0.1) is 0 Å². The molecule has 0 heterocycles. The van der Waals surface area contributed by atoms with Crippen molar-refractivity contribution in [3.05, 3.63) is 58.6 Å². The molecule has 0 amide bonds. The summed E-state index contributed by atoms with van der Waals surface area (Å²) in [6, 6.07) is 15.5. The van der Waals surface area contributed by atoms with Gasteiger partial charge in [0.1, 0.15) is 5.75 Å². The molecule has 2 N–H and O–H groups in total. The molecule has 0 fully saturated rings. The molecule has 88 valence electrons. The van der Waals surface area contributed by atoms with Gasteiger partial charge < -0.3 is 10.4 Å². The summed E-state index contributed by atoms with van der Waals surface area (Å²) in [5, 5.41) is 12.6. The van der Waals surface area contributed by atoms with Crippen molar-refractivity contribution in [1.29, 1.82) is 0 Å². The minimum Gasteiger partial charge on any atom is -0.508 e. The summed E-state index contributed by atoms with van der Waals surface area (Å²) in [7, 11) is 0. The van der Waals surface area contributed by atoms with E-state index in [0.717, 1.165) is 15.7 Å². The number of rotatable bonds is 3. The highest BCUT2D eigenvalue weighted by Crippen LogP contribution is 2.23. The van der Waals surface area contributed by atoms with Crippen LogP contribution >= 0.6 is 15.9 Å². The third-order valence-corrected chi connectivity index (χ3v) is 3.09. The highest BCUT2D eigenvalue weighted by molar-refractivity contribution is 9.10. The van der Waals surface area contributed by atoms with Gasteiger partial charge in [-0.3, -0.25) is 0 Å². The Morgan fingerprint density at radius 1 is 1.12 bits per heavy atom. The van der Waals surface area contributed by atoms with Gasteiger partial charge in [-0.2, -0.15) is 0 Å². The van der Waals surface area contributed by atoms with Crippen LogP contribution in [-0.2, 0) is 0 Å². The van der Waals surface area contributed by atoms with E-state index < -0.39 is 0 Å². The maximum Gasteiger partial charge on any atom is 0.115 e. The highest BCUT2D eigenvalue weighted by atomic mass is 79.9. The molecule has 2 aromatic carbocycles. The van der Waals surface area contributed by atoms with Gasteiger partial charge in [0, 0.05) is 16.2 Å². The van der Waals surface area contributed by atoms with Crippen LogP contribution in [0.1, 0.15) is 18.5 Å². The number of benzene rings is 2. The fourth-order valence-electron chi connectivity index (χ4n) is 1.67. The molecule has 2 rings (SSSR count). The first-order valence-corrected chi connectivity index (χ1v) is 6.25. The van der Waals surface area contributed by atoms with E-state index in [0.29, 0.717) is 5.75 Å². The van der Waals surface area contributed by atoms with Gasteiger partial charge in [0.05, 0.1) is 0 Å². The van der Waals surface area contributed by atoms with Gasteiger partial charge >= 0.3 is 0 Å². The van der Waals surface area contributed by atoms with E-state index in [1.54, 1.807) is 12.1 Å². The summed E-state index contributed by atoms with van der Waals surface area (Å²) in [4.78, 5) is 0. The molecule has 0 aromatic heterocycles. The predicted molar refractivity (Wildman–Crippen MR) is 74.3 cm³/mol. The van der Waals surface area contributed by atoms with Crippen molar-refractivity contribution in [1.82, 2.24) is 0 Å². The second-order valence-electron chi connectivity index (χ2n) is 3.97. The molecule has 0 spiro atoms. The van der Waals surface area contributed by atoms with Crippen LogP contribution < -0.4 is 5.32 Å². The zero-order chi connectivity index (χ0) is 12.3. The van der Waals surface area contributed by atoms with E-state index in [9.17, 15) is 5.11 Å². The predicted octanol–water partition coefficient (Wildman–Crippen LogP) is 4.33. The molecule has 3 heteroatoms. The molecule has 0 aliphatic rings. The first-order chi connectivity index (χ1) is 8.15. The fourth-order valence-corrected chi connectivity index (χ4v) is 2.07. The topological polar surface area (TPSA) is 32.3 Å². The number of halogens is 1. The SMILES string of the molecule is CC(Nc1cccc(Br)c1)c1ccc(O)cc1. The van der Waals surface area contributed by atoms with E-state index in [1.165, 1.54) is 0 Å². The number of anilines is 1. The molecule has 17 heavy (non-hydrogen) atoms. The number of phenolic OH excluding ortho intramolecular Hbond substituents is 1. The van der Waals surface area contributed by atoms with E-state index in [-0.39, 0.29) is 6.04 Å². The summed E-state index contributed by atoms with van der Waals surface area (Å²) in [6.07, 6.45) is 0. The van der Waals surface area contributed by atoms with Crippen molar-refractivity contribution < 1.29 is 5.11 Å². The zero-order valence-corrected chi connectivity index (χ0v) is 11.1. The Hall–Kier alpha value is -1.48. The number of phenols is 1. The van der Waals surface area contributed by atoms with E-state index in [1.807, 2.05) is 36.4 Å². The summed E-state index contributed by atoms with van der Waals surface area (Å²) in [6.45, 7) is 2.09. The summed E-state index contributed by atoms with van der Waals surface area (Å²) in [5.74, 6) is 0.295. The third kappa shape index (κ3) is 3.24. The molecule has 0 aliphatic carbocycles. The van der Waals surface area contributed by atoms with Crippen LogP contribution in [0.4, 0.5) is 5.69 Å². The van der Waals surface area contributed by atoms with Crippen molar-refractivity contribution in [2.45, 2.75) is 13.0 Å². The van der Waals surface area contributed by atoms with Crippen LogP contribution in [0.15, 0.2) is 53.0 Å². The molecule has 0 bridgehead atoms. The highest BCUT2D eigenvalue weighted by Gasteiger charge is 2.05. The number of hydrogen-bond acceptors (Lipinski definition) is 2. The normalized spacial score (nSPS) is 12.1. The van der Waals surface area contributed by atoms with Crippen LogP contribution in [0.5, 0.6) is 5.75 Å². The maximum absolute atomic E-state index is 9.24. The number of aromatic hydroxyl groups is 1. The van der Waals surface area contributed by atoms with Crippen molar-refractivity contribution >= 4 is 21.6 Å². The van der Waals surface area contributed by atoms with Gasteiger partial charge in [-0.25, -0.2) is 0 Å². The quantitative estimate of drug-likeness (QED) is 0.882. The lowest BCUT2D eigenvalue weighted by Crippen LogP contribution is -2.06. The standard InChI is InChI=1S/C14H14BrNO/c1-10(11-5-7-14(17)8-6-11)16-13-4-2-3-12(15)9-13/h2-10,16-17H,1H3. The third-order valence-electron chi connectivity index (χ3n) is 2.60. The molecule has 0 saturated heterocycles. The average Bonchev–Trinajstić information content (AvgIpc) is 2.29. The molecule has 1 unspecified atom stereocenters. The average molecular weight is 292 g/mol. The second-order valence-corrected chi connectivity index (χ2v) is 4.88. The maximum atomic E-state index is 9.24. The first-order valence-electron chi connectivity index (χ1n) is 5.46. The van der Waals surface area contributed by atoms with Crippen LogP contribution in [0.2, 0.25) is 0 Å². The summed E-state index contributed by atoms with van der Waals surface area (Å²) >= 11 is 3.44. The van der Waals surface area contributed by atoms with E-state index >= 15 is 0 Å². The second kappa shape index (κ2) is 5.23. The smallest absolute Gasteiger partial charge is 0.115 e.